The van der Waals surface area contributed by atoms with Gasteiger partial charge in [0.05, 0.1) is 0 Å². The largest absolute Gasteiger partial charge is 0.444 e. The molecule has 2 rings (SSSR count). The van der Waals surface area contributed by atoms with Crippen LogP contribution >= 0.6 is 11.8 Å². The topological polar surface area (TPSA) is 58.6 Å². The van der Waals surface area contributed by atoms with Gasteiger partial charge < -0.3 is 14.5 Å². The van der Waals surface area contributed by atoms with E-state index in [0.29, 0.717) is 13.1 Å². The lowest BCUT2D eigenvalue weighted by atomic mass is 10.2. The first-order valence-corrected chi connectivity index (χ1v) is 9.19. The van der Waals surface area contributed by atoms with Crippen molar-refractivity contribution in [2.45, 2.75) is 44.9 Å². The van der Waals surface area contributed by atoms with Crippen LogP contribution in [0.15, 0.2) is 11.2 Å². The molecule has 1 aromatic heterocycles. The molecule has 0 aliphatic carbocycles. The Morgan fingerprint density at radius 1 is 1.26 bits per heavy atom. The Hall–Kier alpha value is -1.50. The van der Waals surface area contributed by atoms with E-state index in [2.05, 4.69) is 21.8 Å². The maximum absolute atomic E-state index is 12.1. The molecule has 0 radical (unpaired) electrons. The zero-order valence-corrected chi connectivity index (χ0v) is 15.4. The van der Waals surface area contributed by atoms with Crippen molar-refractivity contribution in [2.75, 3.05) is 37.3 Å². The fraction of sp³-hybridized carbons (Fsp3) is 0.688. The summed E-state index contributed by atoms with van der Waals surface area (Å²) in [6.45, 7) is 10.6. The summed E-state index contributed by atoms with van der Waals surface area (Å²) in [7, 11) is 0. The highest BCUT2D eigenvalue weighted by Gasteiger charge is 2.26. The smallest absolute Gasteiger partial charge is 0.410 e. The molecule has 0 unspecified atom stereocenters. The lowest BCUT2D eigenvalue weighted by Gasteiger charge is -2.36. The van der Waals surface area contributed by atoms with Crippen LogP contribution in [0.1, 0.15) is 33.4 Å². The maximum atomic E-state index is 12.1. The number of hydrogen-bond acceptors (Lipinski definition) is 6. The number of aryl methyl sites for hydroxylation is 1. The second-order valence-corrected chi connectivity index (χ2v) is 7.29. The van der Waals surface area contributed by atoms with Crippen LogP contribution in [0, 0.1) is 0 Å². The minimum absolute atomic E-state index is 0.237. The van der Waals surface area contributed by atoms with Gasteiger partial charge >= 0.3 is 6.09 Å². The zero-order chi connectivity index (χ0) is 17.0. The van der Waals surface area contributed by atoms with Gasteiger partial charge in [0, 0.05) is 37.9 Å². The third kappa shape index (κ3) is 4.99. The number of rotatable bonds is 3. The second kappa shape index (κ2) is 7.38. The summed E-state index contributed by atoms with van der Waals surface area (Å²) in [5.74, 6) is 0.949. The average molecular weight is 338 g/mol. The molecule has 0 saturated carbocycles. The number of carbonyl (C=O) groups excluding carboxylic acids is 1. The van der Waals surface area contributed by atoms with E-state index in [1.54, 1.807) is 16.7 Å². The zero-order valence-electron chi connectivity index (χ0n) is 14.6. The van der Waals surface area contributed by atoms with Gasteiger partial charge in [-0.1, -0.05) is 18.7 Å². The van der Waals surface area contributed by atoms with E-state index in [9.17, 15) is 4.79 Å². The summed E-state index contributed by atoms with van der Waals surface area (Å²) in [5, 5.41) is 0.800. The molecule has 0 aromatic carbocycles. The van der Waals surface area contributed by atoms with Crippen LogP contribution in [0.2, 0.25) is 0 Å². The van der Waals surface area contributed by atoms with Crippen molar-refractivity contribution >= 4 is 23.7 Å². The second-order valence-electron chi connectivity index (χ2n) is 6.51. The molecule has 1 saturated heterocycles. The molecular formula is C16H26N4O2S. The molecular weight excluding hydrogens is 312 g/mol. The van der Waals surface area contributed by atoms with Gasteiger partial charge in [-0.2, -0.15) is 0 Å². The molecule has 0 bridgehead atoms. The van der Waals surface area contributed by atoms with Crippen molar-refractivity contribution < 1.29 is 9.53 Å². The Balaban J connectivity index is 2.00. The van der Waals surface area contributed by atoms with Crippen molar-refractivity contribution in [3.05, 3.63) is 11.8 Å². The van der Waals surface area contributed by atoms with Gasteiger partial charge in [-0.25, -0.2) is 14.8 Å². The number of piperazine rings is 1. The van der Waals surface area contributed by atoms with Crippen LogP contribution < -0.4 is 4.90 Å². The van der Waals surface area contributed by atoms with Crippen molar-refractivity contribution in [1.29, 1.82) is 0 Å². The van der Waals surface area contributed by atoms with E-state index in [1.807, 2.05) is 33.1 Å². The van der Waals surface area contributed by atoms with E-state index < -0.39 is 5.60 Å². The van der Waals surface area contributed by atoms with Gasteiger partial charge in [-0.15, -0.1) is 0 Å². The predicted molar refractivity (Wildman–Crippen MR) is 93.2 cm³/mol. The number of aromatic nitrogens is 2. The minimum Gasteiger partial charge on any atom is -0.444 e. The van der Waals surface area contributed by atoms with Crippen molar-refractivity contribution in [3.8, 4) is 0 Å². The third-order valence-corrected chi connectivity index (χ3v) is 4.09. The molecule has 128 valence electrons. The van der Waals surface area contributed by atoms with E-state index >= 15 is 0 Å². The number of carbonyl (C=O) groups is 1. The number of nitrogens with zero attached hydrogens (tertiary/aromatic N) is 4. The molecule has 1 aromatic rings. The maximum Gasteiger partial charge on any atom is 0.410 e. The van der Waals surface area contributed by atoms with Crippen LogP contribution in [0.4, 0.5) is 10.6 Å². The highest BCUT2D eigenvalue weighted by atomic mass is 32.2. The first kappa shape index (κ1) is 17.8. The Bertz CT molecular complexity index is 529. The lowest BCUT2D eigenvalue weighted by molar-refractivity contribution is 0.0240. The molecule has 1 aliphatic heterocycles. The van der Waals surface area contributed by atoms with Crippen molar-refractivity contribution in [2.24, 2.45) is 0 Å². The van der Waals surface area contributed by atoms with Gasteiger partial charge in [-0.3, -0.25) is 0 Å². The Morgan fingerprint density at radius 2 is 1.91 bits per heavy atom. The highest BCUT2D eigenvalue weighted by Crippen LogP contribution is 2.20. The molecule has 1 amide bonds. The van der Waals surface area contributed by atoms with Gasteiger partial charge in [0.25, 0.3) is 0 Å². The highest BCUT2D eigenvalue weighted by molar-refractivity contribution is 7.98. The molecule has 23 heavy (non-hydrogen) atoms. The third-order valence-electron chi connectivity index (χ3n) is 3.55. The first-order chi connectivity index (χ1) is 10.8. The molecule has 0 spiro atoms. The molecule has 0 N–H and O–H groups in total. The van der Waals surface area contributed by atoms with E-state index in [4.69, 9.17) is 4.74 Å². The Kier molecular flexibility index (Phi) is 5.73. The number of amides is 1. The van der Waals surface area contributed by atoms with Crippen LogP contribution in [0.3, 0.4) is 0 Å². The number of ether oxygens (including phenoxy) is 1. The fourth-order valence-electron chi connectivity index (χ4n) is 2.34. The minimum atomic E-state index is -0.454. The molecule has 1 aliphatic rings. The molecule has 2 heterocycles. The van der Waals surface area contributed by atoms with Crippen molar-refractivity contribution in [1.82, 2.24) is 14.9 Å². The monoisotopic (exact) mass is 338 g/mol. The molecule has 1 fully saturated rings. The first-order valence-electron chi connectivity index (χ1n) is 7.97. The quantitative estimate of drug-likeness (QED) is 0.624. The van der Waals surface area contributed by atoms with Crippen molar-refractivity contribution in [3.63, 3.8) is 0 Å². The number of thioether (sulfide) groups is 1. The molecule has 7 heteroatoms. The normalized spacial score (nSPS) is 15.7. The average Bonchev–Trinajstić information content (AvgIpc) is 2.52. The van der Waals surface area contributed by atoms with Gasteiger partial charge in [0.1, 0.15) is 11.4 Å². The van der Waals surface area contributed by atoms with Gasteiger partial charge in [-0.05, 0) is 33.4 Å². The Morgan fingerprint density at radius 3 is 2.43 bits per heavy atom. The predicted octanol–water partition coefficient (Wildman–Crippen LogP) is 2.82. The summed E-state index contributed by atoms with van der Waals surface area (Å²) in [5.41, 5.74) is 0.596. The summed E-state index contributed by atoms with van der Waals surface area (Å²) in [6.07, 6.45) is 2.64. The van der Waals surface area contributed by atoms with Crippen LogP contribution in [0.5, 0.6) is 0 Å². The summed E-state index contributed by atoms with van der Waals surface area (Å²) in [6, 6.07) is 2.04. The standard InChI is InChI=1S/C16H26N4O2S/c1-6-12-11-13(18-14(17-12)23-5)19-7-9-20(10-8-19)15(21)22-16(2,3)4/h11H,6-10H2,1-5H3. The van der Waals surface area contributed by atoms with E-state index in [1.165, 1.54) is 0 Å². The van der Waals surface area contributed by atoms with Crippen LogP contribution in [-0.2, 0) is 11.2 Å². The number of anilines is 1. The Labute approximate surface area is 142 Å². The lowest BCUT2D eigenvalue weighted by Crippen LogP contribution is -2.50. The van der Waals surface area contributed by atoms with Gasteiger partial charge in [0.15, 0.2) is 5.16 Å². The summed E-state index contributed by atoms with van der Waals surface area (Å²) in [4.78, 5) is 25.2. The summed E-state index contributed by atoms with van der Waals surface area (Å²) < 4.78 is 5.43. The van der Waals surface area contributed by atoms with Gasteiger partial charge in [0.2, 0.25) is 0 Å². The molecule has 0 atom stereocenters. The van der Waals surface area contributed by atoms with Crippen LogP contribution in [0.25, 0.3) is 0 Å². The van der Waals surface area contributed by atoms with E-state index in [0.717, 1.165) is 36.2 Å². The number of hydrogen-bond donors (Lipinski definition) is 0. The molecule has 6 nitrogen and oxygen atoms in total. The van der Waals surface area contributed by atoms with E-state index in [-0.39, 0.29) is 6.09 Å². The summed E-state index contributed by atoms with van der Waals surface area (Å²) >= 11 is 1.55. The van der Waals surface area contributed by atoms with Crippen LogP contribution in [-0.4, -0.2) is 59.0 Å². The SMILES string of the molecule is CCc1cc(N2CCN(C(=O)OC(C)(C)C)CC2)nc(SC)n1. The fourth-order valence-corrected chi connectivity index (χ4v) is 2.73.